The van der Waals surface area contributed by atoms with Gasteiger partial charge in [0.25, 0.3) is 5.91 Å². The second-order valence-electron chi connectivity index (χ2n) is 9.60. The Labute approximate surface area is 181 Å². The summed E-state index contributed by atoms with van der Waals surface area (Å²) >= 11 is 1.56. The van der Waals surface area contributed by atoms with E-state index < -0.39 is 0 Å². The molecule has 4 bridgehead atoms. The van der Waals surface area contributed by atoms with Gasteiger partial charge in [-0.15, -0.1) is 10.2 Å². The van der Waals surface area contributed by atoms with Gasteiger partial charge in [-0.05, 0) is 88.3 Å². The number of nitrogens with zero attached hydrogens (tertiary/aromatic N) is 2. The number of carbonyl (C=O) groups is 1. The highest BCUT2D eigenvalue weighted by Gasteiger charge is 2.53. The van der Waals surface area contributed by atoms with Gasteiger partial charge >= 0.3 is 0 Å². The second-order valence-corrected chi connectivity index (χ2v) is 10.6. The first-order valence-electron chi connectivity index (χ1n) is 10.9. The van der Waals surface area contributed by atoms with E-state index in [-0.39, 0.29) is 17.4 Å². The van der Waals surface area contributed by atoms with Gasteiger partial charge < -0.3 is 9.47 Å². The van der Waals surface area contributed by atoms with Crippen LogP contribution in [0.25, 0.3) is 0 Å². The number of ether oxygens (including phenoxy) is 2. The molecular weight excluding hydrogens is 398 g/mol. The Morgan fingerprint density at radius 1 is 1.10 bits per heavy atom. The molecule has 1 N–H and O–H groups in total. The van der Waals surface area contributed by atoms with Crippen LogP contribution in [0.3, 0.4) is 0 Å². The van der Waals surface area contributed by atoms with Crippen molar-refractivity contribution in [3.05, 3.63) is 28.8 Å². The van der Waals surface area contributed by atoms with E-state index in [1.165, 1.54) is 38.5 Å². The van der Waals surface area contributed by atoms with Crippen molar-refractivity contribution in [3.63, 3.8) is 0 Å². The minimum absolute atomic E-state index is 0.0305. The van der Waals surface area contributed by atoms with Crippen LogP contribution in [-0.4, -0.2) is 29.3 Å². The Morgan fingerprint density at radius 3 is 2.37 bits per heavy atom. The Bertz CT molecular complexity index is 920. The van der Waals surface area contributed by atoms with Gasteiger partial charge in [0.05, 0.1) is 13.2 Å². The Kier molecular flexibility index (Phi) is 4.96. The average Bonchev–Trinajstić information content (AvgIpc) is 3.16. The van der Waals surface area contributed by atoms with E-state index >= 15 is 0 Å². The Balaban J connectivity index is 1.31. The zero-order valence-electron chi connectivity index (χ0n) is 17.8. The van der Waals surface area contributed by atoms with Gasteiger partial charge in [-0.25, -0.2) is 0 Å². The Hall–Kier alpha value is -2.15. The molecule has 4 aliphatic carbocycles. The molecule has 1 heterocycles. The molecule has 30 heavy (non-hydrogen) atoms. The van der Waals surface area contributed by atoms with Crippen LogP contribution >= 0.6 is 11.3 Å². The summed E-state index contributed by atoms with van der Waals surface area (Å²) in [5, 5.41) is 13.5. The maximum Gasteiger partial charge on any atom is 0.257 e. The summed E-state index contributed by atoms with van der Waals surface area (Å²) < 4.78 is 11.1. The molecule has 4 saturated carbocycles. The number of hydrogen-bond acceptors (Lipinski definition) is 6. The SMILES string of the molecule is COc1cc(C(=O)Nc2nnc(C34CC5CC(CC(C5)C3)C4)s2)ccc1OC(C)C. The molecule has 6 nitrogen and oxygen atoms in total. The van der Waals surface area contributed by atoms with Crippen LogP contribution in [0.1, 0.15) is 67.7 Å². The molecule has 160 valence electrons. The third-order valence-electron chi connectivity index (χ3n) is 6.93. The van der Waals surface area contributed by atoms with Crippen LogP contribution in [0.4, 0.5) is 5.13 Å². The lowest BCUT2D eigenvalue weighted by atomic mass is 9.50. The van der Waals surface area contributed by atoms with Crippen LogP contribution in [0.15, 0.2) is 18.2 Å². The van der Waals surface area contributed by atoms with Crippen molar-refractivity contribution in [1.29, 1.82) is 0 Å². The van der Waals surface area contributed by atoms with Gasteiger partial charge in [-0.2, -0.15) is 0 Å². The first-order valence-corrected chi connectivity index (χ1v) is 11.8. The van der Waals surface area contributed by atoms with Crippen molar-refractivity contribution in [1.82, 2.24) is 10.2 Å². The standard InChI is InChI=1S/C23H29N3O3S/c1-13(2)29-18-5-4-17(9-19(18)28-3)20(27)24-22-26-25-21(30-22)23-10-14-6-15(11-23)8-16(7-14)12-23/h4-5,9,13-16H,6-8,10-12H2,1-3H3,(H,24,26,27). The summed E-state index contributed by atoms with van der Waals surface area (Å²) in [6.45, 7) is 3.91. The molecule has 0 aliphatic heterocycles. The lowest BCUT2D eigenvalue weighted by Crippen LogP contribution is -2.48. The zero-order valence-corrected chi connectivity index (χ0v) is 18.6. The van der Waals surface area contributed by atoms with E-state index in [9.17, 15) is 4.79 Å². The predicted molar refractivity (Wildman–Crippen MR) is 116 cm³/mol. The summed E-state index contributed by atoms with van der Waals surface area (Å²) in [6.07, 6.45) is 7.98. The largest absolute Gasteiger partial charge is 0.493 e. The number of hydrogen-bond donors (Lipinski definition) is 1. The lowest BCUT2D eigenvalue weighted by molar-refractivity contribution is -0.00555. The van der Waals surface area contributed by atoms with E-state index in [1.807, 2.05) is 13.8 Å². The minimum Gasteiger partial charge on any atom is -0.493 e. The van der Waals surface area contributed by atoms with Crippen LogP contribution in [-0.2, 0) is 5.41 Å². The first kappa shape index (κ1) is 19.8. The van der Waals surface area contributed by atoms with Gasteiger partial charge in [0, 0.05) is 11.0 Å². The number of aromatic nitrogens is 2. The highest BCUT2D eigenvalue weighted by molar-refractivity contribution is 7.15. The number of methoxy groups -OCH3 is 1. The van der Waals surface area contributed by atoms with Crippen molar-refractivity contribution in [2.75, 3.05) is 12.4 Å². The molecule has 7 heteroatoms. The van der Waals surface area contributed by atoms with Gasteiger partial charge in [0.15, 0.2) is 11.5 Å². The highest BCUT2D eigenvalue weighted by Crippen LogP contribution is 2.61. The fraction of sp³-hybridized carbons (Fsp3) is 0.609. The zero-order chi connectivity index (χ0) is 20.9. The highest BCUT2D eigenvalue weighted by atomic mass is 32.1. The number of amides is 1. The van der Waals surface area contributed by atoms with Gasteiger partial charge in [-0.3, -0.25) is 10.1 Å². The van der Waals surface area contributed by atoms with E-state index in [1.54, 1.807) is 36.6 Å². The van der Waals surface area contributed by atoms with Crippen molar-refractivity contribution in [2.24, 2.45) is 17.8 Å². The van der Waals surface area contributed by atoms with Crippen LogP contribution in [0.2, 0.25) is 0 Å². The molecule has 1 aromatic carbocycles. The lowest BCUT2D eigenvalue weighted by Gasteiger charge is -2.55. The number of nitrogens with one attached hydrogen (secondary N) is 1. The van der Waals surface area contributed by atoms with Gasteiger partial charge in [0.2, 0.25) is 5.13 Å². The Morgan fingerprint density at radius 2 is 1.77 bits per heavy atom. The average molecular weight is 428 g/mol. The molecule has 1 amide bonds. The molecule has 0 unspecified atom stereocenters. The molecule has 0 atom stereocenters. The number of benzene rings is 1. The fourth-order valence-electron chi connectivity index (χ4n) is 6.19. The quantitative estimate of drug-likeness (QED) is 0.698. The maximum atomic E-state index is 12.8. The molecule has 1 aromatic heterocycles. The summed E-state index contributed by atoms with van der Waals surface area (Å²) in [5.74, 6) is 3.54. The molecule has 4 fully saturated rings. The normalized spacial score (nSPS) is 29.3. The fourth-order valence-corrected chi connectivity index (χ4v) is 7.15. The summed E-state index contributed by atoms with van der Waals surface area (Å²) in [7, 11) is 1.58. The van der Waals surface area contributed by atoms with Crippen molar-refractivity contribution in [2.45, 2.75) is 63.9 Å². The van der Waals surface area contributed by atoms with Gasteiger partial charge in [-0.1, -0.05) is 11.3 Å². The molecule has 0 saturated heterocycles. The molecule has 2 aromatic rings. The van der Waals surface area contributed by atoms with Crippen LogP contribution in [0, 0.1) is 17.8 Å². The van der Waals surface area contributed by atoms with Crippen molar-refractivity contribution >= 4 is 22.4 Å². The van der Waals surface area contributed by atoms with E-state index in [0.717, 1.165) is 22.8 Å². The number of rotatable bonds is 6. The van der Waals surface area contributed by atoms with Crippen molar-refractivity contribution < 1.29 is 14.3 Å². The third kappa shape index (κ3) is 3.57. The van der Waals surface area contributed by atoms with Crippen LogP contribution < -0.4 is 14.8 Å². The smallest absolute Gasteiger partial charge is 0.257 e. The topological polar surface area (TPSA) is 73.3 Å². The van der Waals surface area contributed by atoms with E-state index in [2.05, 4.69) is 15.5 Å². The van der Waals surface area contributed by atoms with E-state index in [0.29, 0.717) is 22.2 Å². The maximum absolute atomic E-state index is 12.8. The minimum atomic E-state index is -0.211. The summed E-state index contributed by atoms with van der Waals surface area (Å²) in [6, 6.07) is 5.22. The third-order valence-corrected chi connectivity index (χ3v) is 8.01. The molecule has 4 aliphatic rings. The van der Waals surface area contributed by atoms with Gasteiger partial charge in [0.1, 0.15) is 5.01 Å². The monoisotopic (exact) mass is 427 g/mol. The number of carbonyl (C=O) groups excluding carboxylic acids is 1. The molecular formula is C23H29N3O3S. The molecule has 0 spiro atoms. The second kappa shape index (κ2) is 7.52. The predicted octanol–water partition coefficient (Wildman–Crippen LogP) is 5.05. The molecule has 0 radical (unpaired) electrons. The summed E-state index contributed by atoms with van der Waals surface area (Å²) in [4.78, 5) is 12.8. The van der Waals surface area contributed by atoms with Crippen LogP contribution in [0.5, 0.6) is 11.5 Å². The van der Waals surface area contributed by atoms with Crippen molar-refractivity contribution in [3.8, 4) is 11.5 Å². The van der Waals surface area contributed by atoms with E-state index in [4.69, 9.17) is 9.47 Å². The number of anilines is 1. The molecule has 6 rings (SSSR count). The summed E-state index contributed by atoms with van der Waals surface area (Å²) in [5.41, 5.74) is 0.712. The first-order chi connectivity index (χ1) is 14.4.